The van der Waals surface area contributed by atoms with E-state index in [9.17, 15) is 4.79 Å². The molecule has 1 fully saturated rings. The molecule has 1 saturated carbocycles. The van der Waals surface area contributed by atoms with Gasteiger partial charge in [0, 0.05) is 18.1 Å². The molecule has 4 heteroatoms. The van der Waals surface area contributed by atoms with E-state index in [0.717, 1.165) is 48.3 Å². The number of carboxylic acid groups (broad SMARTS) is 1. The number of aliphatic carboxylic acids is 1. The quantitative estimate of drug-likeness (QED) is 0.857. The van der Waals surface area contributed by atoms with Crippen LogP contribution in [0.1, 0.15) is 37.2 Å². The highest BCUT2D eigenvalue weighted by Gasteiger charge is 2.22. The van der Waals surface area contributed by atoms with E-state index in [4.69, 9.17) is 14.6 Å². The summed E-state index contributed by atoms with van der Waals surface area (Å²) in [4.78, 5) is 11.0. The second-order valence-electron chi connectivity index (χ2n) is 5.00. The molecule has 1 aromatic rings. The van der Waals surface area contributed by atoms with Crippen molar-refractivity contribution in [3.05, 3.63) is 35.4 Å². The van der Waals surface area contributed by atoms with Crippen LogP contribution >= 0.6 is 0 Å². The van der Waals surface area contributed by atoms with Crippen LogP contribution in [0.4, 0.5) is 0 Å². The highest BCUT2D eigenvalue weighted by molar-refractivity contribution is 5.81. The van der Waals surface area contributed by atoms with Crippen molar-refractivity contribution in [1.82, 2.24) is 0 Å². The smallest absolute Gasteiger partial charge is 0.328 e. The molecule has 4 nitrogen and oxygen atoms in total. The van der Waals surface area contributed by atoms with Crippen molar-refractivity contribution in [1.29, 1.82) is 0 Å². The predicted octanol–water partition coefficient (Wildman–Crippen LogP) is 3.37. The summed E-state index contributed by atoms with van der Waals surface area (Å²) < 4.78 is 10.6. The van der Waals surface area contributed by atoms with E-state index in [-0.39, 0.29) is 5.92 Å². The van der Waals surface area contributed by atoms with Crippen molar-refractivity contribution >= 4 is 5.97 Å². The number of carboxylic acids is 1. The minimum absolute atomic E-state index is 0.142. The Hall–Kier alpha value is -1.97. The summed E-state index contributed by atoms with van der Waals surface area (Å²) in [7, 11) is 3.24. The maximum absolute atomic E-state index is 11.0. The number of carbonyl (C=O) groups is 1. The molecule has 1 aromatic carbocycles. The van der Waals surface area contributed by atoms with Gasteiger partial charge in [0.1, 0.15) is 11.5 Å². The highest BCUT2D eigenvalue weighted by Crippen LogP contribution is 2.39. The maximum atomic E-state index is 11.0. The van der Waals surface area contributed by atoms with E-state index in [1.165, 1.54) is 6.08 Å². The van der Waals surface area contributed by atoms with Gasteiger partial charge >= 0.3 is 5.97 Å². The zero-order valence-electron chi connectivity index (χ0n) is 11.9. The van der Waals surface area contributed by atoms with Gasteiger partial charge < -0.3 is 14.6 Å². The number of hydrogen-bond donors (Lipinski definition) is 1. The van der Waals surface area contributed by atoms with Crippen LogP contribution in [0, 0.1) is 0 Å². The Kier molecular flexibility index (Phi) is 4.66. The number of benzene rings is 1. The summed E-state index contributed by atoms with van der Waals surface area (Å²) in [5.74, 6) is 0.741. The Morgan fingerprint density at radius 3 is 2.40 bits per heavy atom. The SMILES string of the molecule is COc1cc(OC)cc(C2CCCCC2=CC(=O)O)c1. The minimum Gasteiger partial charge on any atom is -0.497 e. The standard InChI is InChI=1S/C16H20O4/c1-19-13-7-12(8-14(10-13)20-2)15-6-4-3-5-11(15)9-16(17)18/h7-10,15H,3-6H2,1-2H3,(H,17,18). The van der Waals surface area contributed by atoms with Crippen LogP contribution in [0.15, 0.2) is 29.8 Å². The molecule has 1 N–H and O–H groups in total. The lowest BCUT2D eigenvalue weighted by Gasteiger charge is -2.26. The molecule has 108 valence electrons. The lowest BCUT2D eigenvalue weighted by molar-refractivity contribution is -0.131. The van der Waals surface area contributed by atoms with Gasteiger partial charge in [0.2, 0.25) is 0 Å². The van der Waals surface area contributed by atoms with Crippen molar-refractivity contribution in [3.8, 4) is 11.5 Å². The van der Waals surface area contributed by atoms with Crippen molar-refractivity contribution in [2.24, 2.45) is 0 Å². The highest BCUT2D eigenvalue weighted by atomic mass is 16.5. The molecule has 0 amide bonds. The van der Waals surface area contributed by atoms with E-state index in [0.29, 0.717) is 0 Å². The molecule has 1 unspecified atom stereocenters. The van der Waals surface area contributed by atoms with Gasteiger partial charge in [-0.05, 0) is 37.0 Å². The average molecular weight is 276 g/mol. The lowest BCUT2D eigenvalue weighted by Crippen LogP contribution is -2.10. The lowest BCUT2D eigenvalue weighted by atomic mass is 9.79. The molecule has 1 aliphatic rings. The fraction of sp³-hybridized carbons (Fsp3) is 0.438. The van der Waals surface area contributed by atoms with Crippen molar-refractivity contribution in [3.63, 3.8) is 0 Å². The van der Waals surface area contributed by atoms with E-state index < -0.39 is 5.97 Å². The zero-order chi connectivity index (χ0) is 14.5. The summed E-state index contributed by atoms with van der Waals surface area (Å²) >= 11 is 0. The number of methoxy groups -OCH3 is 2. The average Bonchev–Trinajstić information content (AvgIpc) is 2.46. The van der Waals surface area contributed by atoms with Crippen LogP contribution in [0.2, 0.25) is 0 Å². The van der Waals surface area contributed by atoms with Gasteiger partial charge in [-0.25, -0.2) is 4.79 Å². The molecule has 0 radical (unpaired) electrons. The van der Waals surface area contributed by atoms with Crippen molar-refractivity contribution < 1.29 is 19.4 Å². The Balaban J connectivity index is 2.39. The van der Waals surface area contributed by atoms with Gasteiger partial charge in [0.25, 0.3) is 0 Å². The number of rotatable bonds is 4. The predicted molar refractivity (Wildman–Crippen MR) is 76.5 cm³/mol. The first kappa shape index (κ1) is 14.4. The molecular formula is C16H20O4. The van der Waals surface area contributed by atoms with Crippen LogP contribution in [0.3, 0.4) is 0 Å². The van der Waals surface area contributed by atoms with E-state index in [2.05, 4.69) is 0 Å². The largest absolute Gasteiger partial charge is 0.497 e. The first-order chi connectivity index (χ1) is 9.63. The molecule has 0 aromatic heterocycles. The van der Waals surface area contributed by atoms with Crippen molar-refractivity contribution in [2.45, 2.75) is 31.6 Å². The minimum atomic E-state index is -0.873. The summed E-state index contributed by atoms with van der Waals surface area (Å²) in [6, 6.07) is 5.76. The third-order valence-corrected chi connectivity index (χ3v) is 3.74. The monoisotopic (exact) mass is 276 g/mol. The van der Waals surface area contributed by atoms with Gasteiger partial charge in [-0.1, -0.05) is 12.0 Å². The topological polar surface area (TPSA) is 55.8 Å². The fourth-order valence-corrected chi connectivity index (χ4v) is 2.78. The van der Waals surface area contributed by atoms with Gasteiger partial charge in [-0.15, -0.1) is 0 Å². The first-order valence-electron chi connectivity index (χ1n) is 6.80. The van der Waals surface area contributed by atoms with E-state index >= 15 is 0 Å². The molecule has 1 aliphatic carbocycles. The normalized spacial score (nSPS) is 20.7. The molecule has 2 rings (SSSR count). The van der Waals surface area contributed by atoms with Crippen LogP contribution in [0.5, 0.6) is 11.5 Å². The van der Waals surface area contributed by atoms with Crippen LogP contribution in [-0.4, -0.2) is 25.3 Å². The summed E-state index contributed by atoms with van der Waals surface area (Å²) in [6.07, 6.45) is 5.33. The fourth-order valence-electron chi connectivity index (χ4n) is 2.78. The van der Waals surface area contributed by atoms with Crippen LogP contribution in [-0.2, 0) is 4.79 Å². The van der Waals surface area contributed by atoms with Gasteiger partial charge in [-0.3, -0.25) is 0 Å². The second-order valence-corrected chi connectivity index (χ2v) is 5.00. The van der Waals surface area contributed by atoms with Crippen molar-refractivity contribution in [2.75, 3.05) is 14.2 Å². The number of allylic oxidation sites excluding steroid dienone is 1. The number of ether oxygens (including phenoxy) is 2. The summed E-state index contributed by atoms with van der Waals surface area (Å²) in [5.41, 5.74) is 2.05. The van der Waals surface area contributed by atoms with E-state index in [1.807, 2.05) is 18.2 Å². The Bertz CT molecular complexity index is 497. The van der Waals surface area contributed by atoms with Crippen LogP contribution < -0.4 is 9.47 Å². The molecule has 0 spiro atoms. The molecular weight excluding hydrogens is 256 g/mol. The van der Waals surface area contributed by atoms with Gasteiger partial charge in [0.15, 0.2) is 0 Å². The molecule has 0 bridgehead atoms. The molecule has 1 atom stereocenters. The third kappa shape index (κ3) is 3.32. The summed E-state index contributed by atoms with van der Waals surface area (Å²) in [6.45, 7) is 0. The zero-order valence-corrected chi connectivity index (χ0v) is 11.9. The van der Waals surface area contributed by atoms with Gasteiger partial charge in [0.05, 0.1) is 14.2 Å². The Labute approximate surface area is 119 Å². The number of hydrogen-bond acceptors (Lipinski definition) is 3. The first-order valence-corrected chi connectivity index (χ1v) is 6.80. The maximum Gasteiger partial charge on any atom is 0.328 e. The third-order valence-electron chi connectivity index (χ3n) is 3.74. The molecule has 0 heterocycles. The molecule has 0 saturated heterocycles. The summed E-state index contributed by atoms with van der Waals surface area (Å²) in [5, 5.41) is 9.01. The van der Waals surface area contributed by atoms with Crippen LogP contribution in [0.25, 0.3) is 0 Å². The molecule has 20 heavy (non-hydrogen) atoms. The second kappa shape index (κ2) is 6.46. The Morgan fingerprint density at radius 1 is 1.20 bits per heavy atom. The van der Waals surface area contributed by atoms with Gasteiger partial charge in [-0.2, -0.15) is 0 Å². The Morgan fingerprint density at radius 2 is 1.85 bits per heavy atom. The van der Waals surface area contributed by atoms with E-state index in [1.54, 1.807) is 14.2 Å². The molecule has 0 aliphatic heterocycles.